The number of nitrogens with zero attached hydrogens (tertiary/aromatic N) is 1. The second-order valence-electron chi connectivity index (χ2n) is 7.38. The summed E-state index contributed by atoms with van der Waals surface area (Å²) in [6, 6.07) is 1.30. The number of hydrogen-bond donors (Lipinski definition) is 1. The monoisotopic (exact) mass is 280 g/mol. The molecule has 0 bridgehead atoms. The maximum absolute atomic E-state index is 11.4. The molecule has 1 aliphatic heterocycles. The Morgan fingerprint density at radius 2 is 1.80 bits per heavy atom. The van der Waals surface area contributed by atoms with E-state index in [1.54, 1.807) is 6.92 Å². The molecule has 3 nitrogen and oxygen atoms in total. The van der Waals surface area contributed by atoms with E-state index in [2.05, 4.69) is 26.1 Å². The molecule has 1 N–H and O–H groups in total. The normalized spacial score (nSPS) is 32.6. The zero-order chi connectivity index (χ0) is 14.7. The lowest BCUT2D eigenvalue weighted by atomic mass is 9.73. The maximum atomic E-state index is 11.4. The van der Waals surface area contributed by atoms with Crippen molar-refractivity contribution in [2.24, 2.45) is 17.8 Å². The number of rotatable bonds is 3. The molecule has 3 atom stereocenters. The molecule has 0 aromatic rings. The van der Waals surface area contributed by atoms with Gasteiger partial charge in [-0.05, 0) is 43.4 Å². The highest BCUT2D eigenvalue weighted by Gasteiger charge is 2.32. The van der Waals surface area contributed by atoms with Crippen LogP contribution in [0.2, 0.25) is 0 Å². The topological polar surface area (TPSA) is 32.3 Å². The zero-order valence-corrected chi connectivity index (χ0v) is 13.7. The van der Waals surface area contributed by atoms with E-state index in [1.807, 2.05) is 4.90 Å². The van der Waals surface area contributed by atoms with Gasteiger partial charge in [0.1, 0.15) is 0 Å². The van der Waals surface area contributed by atoms with Gasteiger partial charge >= 0.3 is 0 Å². The number of carbonyl (C=O) groups is 1. The van der Waals surface area contributed by atoms with Gasteiger partial charge in [-0.25, -0.2) is 0 Å². The van der Waals surface area contributed by atoms with Gasteiger partial charge in [0, 0.05) is 32.1 Å². The zero-order valence-electron chi connectivity index (χ0n) is 13.7. The summed E-state index contributed by atoms with van der Waals surface area (Å²) in [4.78, 5) is 13.4. The minimum absolute atomic E-state index is 0.231. The minimum atomic E-state index is 0.231. The summed E-state index contributed by atoms with van der Waals surface area (Å²) in [5.41, 5.74) is 0. The standard InChI is InChI=1S/C17H32N2O/c1-12(2)16-6-5-13(3)11-17(16)18-15-7-9-19(10-8-15)14(4)20/h12-13,15-18H,5-11H2,1-4H3. The van der Waals surface area contributed by atoms with Crippen LogP contribution < -0.4 is 5.32 Å². The lowest BCUT2D eigenvalue weighted by Gasteiger charge is -2.41. The number of piperidine rings is 1. The second-order valence-corrected chi connectivity index (χ2v) is 7.38. The Morgan fingerprint density at radius 1 is 1.15 bits per heavy atom. The third-order valence-electron chi connectivity index (χ3n) is 5.41. The Balaban J connectivity index is 1.86. The molecule has 3 unspecified atom stereocenters. The van der Waals surface area contributed by atoms with Gasteiger partial charge < -0.3 is 10.2 Å². The summed E-state index contributed by atoms with van der Waals surface area (Å²) < 4.78 is 0. The molecule has 2 aliphatic rings. The largest absolute Gasteiger partial charge is 0.343 e. The third kappa shape index (κ3) is 3.97. The third-order valence-corrected chi connectivity index (χ3v) is 5.41. The quantitative estimate of drug-likeness (QED) is 0.862. The molecule has 0 aromatic heterocycles. The van der Waals surface area contributed by atoms with Crippen LogP contribution in [0.15, 0.2) is 0 Å². The molecule has 0 aromatic carbocycles. The van der Waals surface area contributed by atoms with E-state index in [-0.39, 0.29) is 5.91 Å². The molecule has 2 fully saturated rings. The van der Waals surface area contributed by atoms with Crippen LogP contribution in [0.1, 0.15) is 59.8 Å². The van der Waals surface area contributed by atoms with Crippen LogP contribution in [0.4, 0.5) is 0 Å². The molecule has 1 saturated carbocycles. The van der Waals surface area contributed by atoms with Crippen molar-refractivity contribution in [3.63, 3.8) is 0 Å². The number of carbonyl (C=O) groups excluding carboxylic acids is 1. The average molecular weight is 280 g/mol. The fourth-order valence-corrected chi connectivity index (χ4v) is 4.06. The van der Waals surface area contributed by atoms with Gasteiger partial charge in [0.15, 0.2) is 0 Å². The Bertz CT molecular complexity index is 321. The van der Waals surface area contributed by atoms with Crippen LogP contribution in [0, 0.1) is 17.8 Å². The second kappa shape index (κ2) is 6.93. The Morgan fingerprint density at radius 3 is 2.35 bits per heavy atom. The molecule has 0 spiro atoms. The molecule has 3 heteroatoms. The highest BCUT2D eigenvalue weighted by molar-refractivity contribution is 5.73. The Labute approximate surface area is 124 Å². The number of nitrogens with one attached hydrogen (secondary N) is 1. The smallest absolute Gasteiger partial charge is 0.219 e. The van der Waals surface area contributed by atoms with Crippen LogP contribution in [0.25, 0.3) is 0 Å². The van der Waals surface area contributed by atoms with Crippen LogP contribution in [0.3, 0.4) is 0 Å². The van der Waals surface area contributed by atoms with Gasteiger partial charge in [-0.2, -0.15) is 0 Å². The predicted molar refractivity (Wildman–Crippen MR) is 83.5 cm³/mol. The molecule has 116 valence electrons. The highest BCUT2D eigenvalue weighted by Crippen LogP contribution is 2.34. The van der Waals surface area contributed by atoms with Gasteiger partial charge in [0.2, 0.25) is 5.91 Å². The first-order valence-corrected chi connectivity index (χ1v) is 8.49. The molecule has 1 amide bonds. The van der Waals surface area contributed by atoms with Gasteiger partial charge in [0.05, 0.1) is 0 Å². The minimum Gasteiger partial charge on any atom is -0.343 e. The fourth-order valence-electron chi connectivity index (χ4n) is 4.06. The van der Waals surface area contributed by atoms with Gasteiger partial charge in [0.25, 0.3) is 0 Å². The van der Waals surface area contributed by atoms with E-state index < -0.39 is 0 Å². The summed E-state index contributed by atoms with van der Waals surface area (Å²) in [5.74, 6) is 2.70. The van der Waals surface area contributed by atoms with Crippen molar-refractivity contribution in [2.45, 2.75) is 71.9 Å². The van der Waals surface area contributed by atoms with E-state index in [4.69, 9.17) is 0 Å². The molecule has 2 rings (SSSR count). The SMILES string of the molecule is CC(=O)N1CCC(NC2CC(C)CCC2C(C)C)CC1. The van der Waals surface area contributed by atoms with Crippen molar-refractivity contribution < 1.29 is 4.79 Å². The number of hydrogen-bond acceptors (Lipinski definition) is 2. The Kier molecular flexibility index (Phi) is 5.48. The first-order chi connectivity index (χ1) is 9.47. The van der Waals surface area contributed by atoms with Gasteiger partial charge in [-0.15, -0.1) is 0 Å². The van der Waals surface area contributed by atoms with Crippen LogP contribution in [0.5, 0.6) is 0 Å². The maximum Gasteiger partial charge on any atom is 0.219 e. The molecule has 1 heterocycles. The molecule has 1 aliphatic carbocycles. The van der Waals surface area contributed by atoms with Crippen molar-refractivity contribution in [2.75, 3.05) is 13.1 Å². The van der Waals surface area contributed by atoms with Crippen molar-refractivity contribution in [3.05, 3.63) is 0 Å². The van der Waals surface area contributed by atoms with Gasteiger partial charge in [-0.1, -0.05) is 27.2 Å². The first kappa shape index (κ1) is 15.8. The highest BCUT2D eigenvalue weighted by atomic mass is 16.2. The summed E-state index contributed by atoms with van der Waals surface area (Å²) in [6.07, 6.45) is 6.34. The number of amides is 1. The summed E-state index contributed by atoms with van der Waals surface area (Å²) >= 11 is 0. The molecule has 0 radical (unpaired) electrons. The van der Waals surface area contributed by atoms with Crippen LogP contribution in [-0.4, -0.2) is 36.0 Å². The summed E-state index contributed by atoms with van der Waals surface area (Å²) in [6.45, 7) is 10.7. The van der Waals surface area contributed by atoms with E-state index in [0.29, 0.717) is 12.1 Å². The summed E-state index contributed by atoms with van der Waals surface area (Å²) in [5, 5.41) is 3.94. The lowest BCUT2D eigenvalue weighted by molar-refractivity contribution is -0.129. The van der Waals surface area contributed by atoms with Crippen molar-refractivity contribution >= 4 is 5.91 Å². The molecule has 20 heavy (non-hydrogen) atoms. The molecular weight excluding hydrogens is 248 g/mol. The van der Waals surface area contributed by atoms with Gasteiger partial charge in [-0.3, -0.25) is 4.79 Å². The van der Waals surface area contributed by atoms with Crippen LogP contribution >= 0.6 is 0 Å². The Hall–Kier alpha value is -0.570. The first-order valence-electron chi connectivity index (χ1n) is 8.49. The van der Waals surface area contributed by atoms with E-state index in [0.717, 1.165) is 43.7 Å². The predicted octanol–water partition coefficient (Wildman–Crippen LogP) is 3.05. The summed E-state index contributed by atoms with van der Waals surface area (Å²) in [7, 11) is 0. The van der Waals surface area contributed by atoms with Crippen LogP contribution in [-0.2, 0) is 4.79 Å². The van der Waals surface area contributed by atoms with Crippen molar-refractivity contribution in [3.8, 4) is 0 Å². The molecule has 1 saturated heterocycles. The molecular formula is C17H32N2O. The fraction of sp³-hybridized carbons (Fsp3) is 0.941. The van der Waals surface area contributed by atoms with E-state index in [1.165, 1.54) is 19.3 Å². The van der Waals surface area contributed by atoms with Crippen molar-refractivity contribution in [1.29, 1.82) is 0 Å². The van der Waals surface area contributed by atoms with E-state index in [9.17, 15) is 4.79 Å². The number of likely N-dealkylation sites (tertiary alicyclic amines) is 1. The van der Waals surface area contributed by atoms with Crippen molar-refractivity contribution in [1.82, 2.24) is 10.2 Å². The average Bonchev–Trinajstić information content (AvgIpc) is 2.39. The lowest BCUT2D eigenvalue weighted by Crippen LogP contribution is -2.51. The van der Waals surface area contributed by atoms with E-state index >= 15 is 0 Å².